The van der Waals surface area contributed by atoms with Gasteiger partial charge in [-0.05, 0) is 90.5 Å². The number of benzene rings is 3. The van der Waals surface area contributed by atoms with Gasteiger partial charge in [-0.25, -0.2) is 0 Å². The van der Waals surface area contributed by atoms with E-state index >= 15 is 0 Å². The number of nitrogens with zero attached hydrogens (tertiary/aromatic N) is 2. The molecule has 0 atom stereocenters. The summed E-state index contributed by atoms with van der Waals surface area (Å²) in [6, 6.07) is 21.2. The number of carbonyl (C=O) groups excluding carboxylic acids is 1. The van der Waals surface area contributed by atoms with Crippen LogP contribution >= 0.6 is 31.9 Å². The number of carbonyl (C=O) groups is 1. The zero-order chi connectivity index (χ0) is 25.1. The van der Waals surface area contributed by atoms with E-state index in [2.05, 4.69) is 31.9 Å². The predicted molar refractivity (Wildman–Crippen MR) is 151 cm³/mol. The number of ether oxygens (including phenoxy) is 2. The minimum Gasteiger partial charge on any atom is -0.490 e. The molecule has 184 valence electrons. The summed E-state index contributed by atoms with van der Waals surface area (Å²) in [6.45, 7) is 2.47. The lowest BCUT2D eigenvalue weighted by molar-refractivity contribution is -0.114. The van der Waals surface area contributed by atoms with E-state index in [1.165, 1.54) is 17.9 Å². The number of hydrazone groups is 1. The van der Waals surface area contributed by atoms with Crippen LogP contribution in [0.25, 0.3) is 6.08 Å². The van der Waals surface area contributed by atoms with Crippen LogP contribution in [-0.4, -0.2) is 24.3 Å². The molecule has 5 rings (SSSR count). The molecule has 0 N–H and O–H groups in total. The Morgan fingerprint density at radius 1 is 1.03 bits per heavy atom. The average molecular weight is 610 g/mol. The SMILES string of the molecule is CCOc1cc(/C=C2/C(=O)N(c3cccc(Br)c3)N=C2c2ccccc2)cc(Br)c1OC1CCCC1. The smallest absolute Gasteiger partial charge is 0.281 e. The Kier molecular flexibility index (Phi) is 7.58. The summed E-state index contributed by atoms with van der Waals surface area (Å²) in [5.41, 5.74) is 3.54. The van der Waals surface area contributed by atoms with Gasteiger partial charge in [0.2, 0.25) is 0 Å². The second-order valence-electron chi connectivity index (χ2n) is 8.76. The summed E-state index contributed by atoms with van der Waals surface area (Å²) in [7, 11) is 0. The monoisotopic (exact) mass is 608 g/mol. The highest BCUT2D eigenvalue weighted by Crippen LogP contribution is 2.40. The van der Waals surface area contributed by atoms with Gasteiger partial charge >= 0.3 is 0 Å². The highest BCUT2D eigenvalue weighted by Gasteiger charge is 2.32. The molecule has 1 aliphatic carbocycles. The zero-order valence-electron chi connectivity index (χ0n) is 19.9. The fourth-order valence-corrected chi connectivity index (χ4v) is 5.47. The summed E-state index contributed by atoms with van der Waals surface area (Å²) in [5, 5.41) is 6.19. The molecule has 3 aromatic rings. The third-order valence-electron chi connectivity index (χ3n) is 6.21. The predicted octanol–water partition coefficient (Wildman–Crippen LogP) is 7.77. The van der Waals surface area contributed by atoms with Crippen LogP contribution in [0.1, 0.15) is 43.7 Å². The number of rotatable bonds is 7. The molecular formula is C29H26Br2N2O3. The van der Waals surface area contributed by atoms with E-state index in [4.69, 9.17) is 14.6 Å². The lowest BCUT2D eigenvalue weighted by Crippen LogP contribution is -2.21. The van der Waals surface area contributed by atoms with Crippen LogP contribution in [0, 0.1) is 0 Å². The highest BCUT2D eigenvalue weighted by atomic mass is 79.9. The Balaban J connectivity index is 1.56. The third-order valence-corrected chi connectivity index (χ3v) is 7.29. The molecule has 5 nitrogen and oxygen atoms in total. The highest BCUT2D eigenvalue weighted by molar-refractivity contribution is 9.10. The standard InChI is InChI=1S/C29H26Br2N2O3/c1-2-35-26-17-19(16-25(31)28(26)36-23-13-6-7-14-23)15-24-27(20-9-4-3-5-10-20)32-33(29(24)34)22-12-8-11-21(30)18-22/h3-5,8-12,15-18,23H,2,6-7,13-14H2,1H3/b24-15+. The maximum atomic E-state index is 13.7. The van der Waals surface area contributed by atoms with Crippen LogP contribution in [0.15, 0.2) is 86.3 Å². The Hall–Kier alpha value is -2.90. The number of hydrogen-bond acceptors (Lipinski definition) is 4. The second kappa shape index (κ2) is 11.0. The van der Waals surface area contributed by atoms with Crippen LogP contribution in [0.4, 0.5) is 5.69 Å². The molecule has 1 aliphatic heterocycles. The van der Waals surface area contributed by atoms with E-state index in [1.54, 1.807) is 0 Å². The van der Waals surface area contributed by atoms with Crippen molar-refractivity contribution in [2.45, 2.75) is 38.7 Å². The molecular weight excluding hydrogens is 584 g/mol. The molecule has 0 aromatic heterocycles. The fraction of sp³-hybridized carbons (Fsp3) is 0.241. The molecule has 3 aromatic carbocycles. The summed E-state index contributed by atoms with van der Waals surface area (Å²) in [4.78, 5) is 13.7. The summed E-state index contributed by atoms with van der Waals surface area (Å²) in [6.07, 6.45) is 6.57. The first kappa shape index (κ1) is 24.8. The molecule has 36 heavy (non-hydrogen) atoms. The van der Waals surface area contributed by atoms with Gasteiger partial charge in [0, 0.05) is 10.0 Å². The van der Waals surface area contributed by atoms with Gasteiger partial charge in [-0.1, -0.05) is 52.3 Å². The van der Waals surface area contributed by atoms with Gasteiger partial charge in [-0.2, -0.15) is 10.1 Å². The van der Waals surface area contributed by atoms with Crippen LogP contribution in [-0.2, 0) is 4.79 Å². The van der Waals surface area contributed by atoms with Crippen molar-refractivity contribution in [1.82, 2.24) is 0 Å². The van der Waals surface area contributed by atoms with Crippen LogP contribution < -0.4 is 14.5 Å². The molecule has 0 bridgehead atoms. The quantitative estimate of drug-likeness (QED) is 0.257. The number of hydrogen-bond donors (Lipinski definition) is 0. The normalized spacial score (nSPS) is 17.1. The van der Waals surface area contributed by atoms with Gasteiger partial charge in [0.15, 0.2) is 11.5 Å². The topological polar surface area (TPSA) is 51.1 Å². The molecule has 0 radical (unpaired) electrons. The maximum Gasteiger partial charge on any atom is 0.281 e. The summed E-state index contributed by atoms with van der Waals surface area (Å²) >= 11 is 7.19. The average Bonchev–Trinajstić information content (AvgIpc) is 3.50. The molecule has 0 spiro atoms. The van der Waals surface area contributed by atoms with Gasteiger partial charge in [0.05, 0.1) is 28.4 Å². The van der Waals surface area contributed by atoms with Crippen LogP contribution in [0.3, 0.4) is 0 Å². The van der Waals surface area contributed by atoms with Crippen molar-refractivity contribution < 1.29 is 14.3 Å². The second-order valence-corrected chi connectivity index (χ2v) is 10.5. The number of halogens is 2. The lowest BCUT2D eigenvalue weighted by Gasteiger charge is -2.19. The molecule has 0 saturated heterocycles. The largest absolute Gasteiger partial charge is 0.490 e. The van der Waals surface area contributed by atoms with Gasteiger partial charge in [0.1, 0.15) is 5.71 Å². The van der Waals surface area contributed by atoms with Crippen molar-refractivity contribution in [3.63, 3.8) is 0 Å². The fourth-order valence-electron chi connectivity index (χ4n) is 4.52. The van der Waals surface area contributed by atoms with E-state index in [0.717, 1.165) is 38.7 Å². The molecule has 0 unspecified atom stereocenters. The van der Waals surface area contributed by atoms with Gasteiger partial charge in [-0.15, -0.1) is 0 Å². The Labute approximate surface area is 228 Å². The first-order chi connectivity index (χ1) is 17.5. The van der Waals surface area contributed by atoms with Gasteiger partial charge < -0.3 is 9.47 Å². The minimum absolute atomic E-state index is 0.188. The summed E-state index contributed by atoms with van der Waals surface area (Å²) in [5.74, 6) is 1.20. The van der Waals surface area contributed by atoms with Gasteiger partial charge in [0.25, 0.3) is 5.91 Å². The van der Waals surface area contributed by atoms with E-state index in [9.17, 15) is 4.79 Å². The first-order valence-electron chi connectivity index (χ1n) is 12.1. The number of anilines is 1. The van der Waals surface area contributed by atoms with Crippen molar-refractivity contribution in [1.29, 1.82) is 0 Å². The molecule has 2 aliphatic rings. The minimum atomic E-state index is -0.188. The van der Waals surface area contributed by atoms with E-state index in [-0.39, 0.29) is 12.0 Å². The van der Waals surface area contributed by atoms with Crippen molar-refractivity contribution in [3.05, 3.63) is 92.4 Å². The Bertz CT molecular complexity index is 1330. The van der Waals surface area contributed by atoms with Crippen molar-refractivity contribution >= 4 is 55.2 Å². The maximum absolute atomic E-state index is 13.7. The Morgan fingerprint density at radius 2 is 1.81 bits per heavy atom. The molecule has 1 heterocycles. The van der Waals surface area contributed by atoms with Crippen LogP contribution in [0.2, 0.25) is 0 Å². The molecule has 1 saturated carbocycles. The number of amides is 1. The molecule has 7 heteroatoms. The van der Waals surface area contributed by atoms with E-state index in [1.807, 2.05) is 79.7 Å². The first-order valence-corrected chi connectivity index (χ1v) is 13.7. The lowest BCUT2D eigenvalue weighted by atomic mass is 10.00. The van der Waals surface area contributed by atoms with E-state index < -0.39 is 0 Å². The van der Waals surface area contributed by atoms with Crippen molar-refractivity contribution in [2.75, 3.05) is 11.6 Å². The van der Waals surface area contributed by atoms with E-state index in [0.29, 0.717) is 29.3 Å². The third kappa shape index (κ3) is 5.27. The molecule has 1 amide bonds. The van der Waals surface area contributed by atoms with Crippen molar-refractivity contribution in [3.8, 4) is 11.5 Å². The van der Waals surface area contributed by atoms with Crippen LogP contribution in [0.5, 0.6) is 11.5 Å². The van der Waals surface area contributed by atoms with Gasteiger partial charge in [-0.3, -0.25) is 4.79 Å². The molecule has 1 fully saturated rings. The zero-order valence-corrected chi connectivity index (χ0v) is 23.1. The summed E-state index contributed by atoms with van der Waals surface area (Å²) < 4.78 is 14.0. The Morgan fingerprint density at radius 3 is 2.53 bits per heavy atom. The van der Waals surface area contributed by atoms with Crippen molar-refractivity contribution in [2.24, 2.45) is 5.10 Å².